The van der Waals surface area contributed by atoms with Crippen molar-refractivity contribution in [2.24, 2.45) is 0 Å². The molecule has 0 aliphatic carbocycles. The van der Waals surface area contributed by atoms with E-state index in [2.05, 4.69) is 17.6 Å². The highest BCUT2D eigenvalue weighted by Gasteiger charge is 2.26. The van der Waals surface area contributed by atoms with E-state index in [1.54, 1.807) is 6.08 Å². The summed E-state index contributed by atoms with van der Waals surface area (Å²) in [6, 6.07) is 0.396. The van der Waals surface area contributed by atoms with Gasteiger partial charge in [0.15, 0.2) is 5.78 Å². The molecule has 0 aromatic heterocycles. The maximum absolute atomic E-state index is 11.5. The third kappa shape index (κ3) is 6.41. The second-order valence-electron chi connectivity index (χ2n) is 5.27. The highest BCUT2D eigenvalue weighted by atomic mass is 16.2. The molecule has 2 N–H and O–H groups in total. The van der Waals surface area contributed by atoms with Gasteiger partial charge in [-0.2, -0.15) is 0 Å². The second-order valence-corrected chi connectivity index (χ2v) is 5.27. The van der Waals surface area contributed by atoms with Crippen LogP contribution in [0.15, 0.2) is 12.2 Å². The fourth-order valence-corrected chi connectivity index (χ4v) is 2.27. The number of allylic oxidation sites excluding steroid dienone is 2. The Bertz CT molecular complexity index is 326. The molecule has 1 saturated heterocycles. The van der Waals surface area contributed by atoms with E-state index in [9.17, 15) is 9.59 Å². The number of hydrogen-bond donors (Lipinski definition) is 2. The van der Waals surface area contributed by atoms with Crippen LogP contribution in [0.5, 0.6) is 0 Å². The third-order valence-electron chi connectivity index (χ3n) is 3.48. The molecule has 1 heterocycles. The quantitative estimate of drug-likeness (QED) is 0.498. The van der Waals surface area contributed by atoms with Crippen LogP contribution >= 0.6 is 0 Å². The lowest BCUT2D eigenvalue weighted by Crippen LogP contribution is -2.30. The lowest BCUT2D eigenvalue weighted by atomic mass is 10.0. The standard InChI is InChI=1S/C15H26N2O2/c1-3-4-6-9-13(18)10-7-5-8-11-14-12(2)16-15(19)17-14/h6,9,12,14H,3-5,7-8,10-11H2,1-2H3,(H2,16,17,19)/b9-6+/t12-,14+/m0/s1. The van der Waals surface area contributed by atoms with Gasteiger partial charge in [0.25, 0.3) is 0 Å². The van der Waals surface area contributed by atoms with Gasteiger partial charge in [-0.25, -0.2) is 4.79 Å². The molecule has 0 aromatic rings. The molecule has 1 aliphatic heterocycles. The third-order valence-corrected chi connectivity index (χ3v) is 3.48. The number of rotatable bonds is 9. The van der Waals surface area contributed by atoms with E-state index in [1.165, 1.54) is 0 Å². The van der Waals surface area contributed by atoms with Crippen LogP contribution in [-0.2, 0) is 4.79 Å². The number of amides is 2. The van der Waals surface area contributed by atoms with Gasteiger partial charge in [0.05, 0.1) is 6.04 Å². The Morgan fingerprint density at radius 3 is 2.68 bits per heavy atom. The number of carbonyl (C=O) groups is 2. The predicted molar refractivity (Wildman–Crippen MR) is 77.1 cm³/mol. The van der Waals surface area contributed by atoms with Crippen molar-refractivity contribution < 1.29 is 9.59 Å². The van der Waals surface area contributed by atoms with Gasteiger partial charge in [0.2, 0.25) is 0 Å². The molecule has 4 nitrogen and oxygen atoms in total. The zero-order valence-electron chi connectivity index (χ0n) is 12.1. The van der Waals surface area contributed by atoms with Crippen molar-refractivity contribution in [1.29, 1.82) is 0 Å². The van der Waals surface area contributed by atoms with E-state index in [0.717, 1.165) is 38.5 Å². The van der Waals surface area contributed by atoms with Crippen molar-refractivity contribution in [3.8, 4) is 0 Å². The monoisotopic (exact) mass is 266 g/mol. The summed E-state index contributed by atoms with van der Waals surface area (Å²) in [6.07, 6.45) is 10.4. The van der Waals surface area contributed by atoms with Crippen LogP contribution in [0.25, 0.3) is 0 Å². The zero-order chi connectivity index (χ0) is 14.1. The van der Waals surface area contributed by atoms with Crippen LogP contribution in [0.3, 0.4) is 0 Å². The molecule has 1 aliphatic rings. The van der Waals surface area contributed by atoms with Crippen LogP contribution in [0.2, 0.25) is 0 Å². The SMILES string of the molecule is CCC/C=C/C(=O)CCCCC[C@H]1NC(=O)N[C@H]1C. The smallest absolute Gasteiger partial charge is 0.315 e. The summed E-state index contributed by atoms with van der Waals surface area (Å²) in [5.74, 6) is 0.234. The number of hydrogen-bond acceptors (Lipinski definition) is 2. The summed E-state index contributed by atoms with van der Waals surface area (Å²) < 4.78 is 0. The fourth-order valence-electron chi connectivity index (χ4n) is 2.27. The van der Waals surface area contributed by atoms with Crippen molar-refractivity contribution >= 4 is 11.8 Å². The van der Waals surface area contributed by atoms with Crippen LogP contribution in [0.4, 0.5) is 4.79 Å². The average molecular weight is 266 g/mol. The summed E-state index contributed by atoms with van der Waals surface area (Å²) in [5.41, 5.74) is 0. The Hall–Kier alpha value is -1.32. The molecule has 2 amide bonds. The van der Waals surface area contributed by atoms with Crippen molar-refractivity contribution in [2.75, 3.05) is 0 Å². The van der Waals surface area contributed by atoms with E-state index in [-0.39, 0.29) is 23.9 Å². The number of nitrogens with one attached hydrogen (secondary N) is 2. The largest absolute Gasteiger partial charge is 0.334 e. The van der Waals surface area contributed by atoms with Crippen LogP contribution in [-0.4, -0.2) is 23.9 Å². The number of unbranched alkanes of at least 4 members (excludes halogenated alkanes) is 3. The summed E-state index contributed by atoms with van der Waals surface area (Å²) >= 11 is 0. The molecular formula is C15H26N2O2. The van der Waals surface area contributed by atoms with Gasteiger partial charge in [-0.15, -0.1) is 0 Å². The molecular weight excluding hydrogens is 240 g/mol. The molecule has 0 aromatic carbocycles. The fraction of sp³-hybridized carbons (Fsp3) is 0.733. The van der Waals surface area contributed by atoms with Gasteiger partial charge in [-0.1, -0.05) is 32.3 Å². The molecule has 108 valence electrons. The number of urea groups is 1. The van der Waals surface area contributed by atoms with Gasteiger partial charge in [0.1, 0.15) is 0 Å². The lowest BCUT2D eigenvalue weighted by Gasteiger charge is -2.13. The topological polar surface area (TPSA) is 58.2 Å². The molecule has 0 radical (unpaired) electrons. The number of carbonyl (C=O) groups excluding carboxylic acids is 2. The highest BCUT2D eigenvalue weighted by molar-refractivity contribution is 5.89. The Kier molecular flexibility index (Phi) is 7.23. The lowest BCUT2D eigenvalue weighted by molar-refractivity contribution is -0.114. The minimum atomic E-state index is -0.0614. The molecule has 0 spiro atoms. The molecule has 4 heteroatoms. The van der Waals surface area contributed by atoms with Crippen molar-refractivity contribution in [3.05, 3.63) is 12.2 Å². The summed E-state index contributed by atoms with van der Waals surface area (Å²) in [5, 5.41) is 5.75. The van der Waals surface area contributed by atoms with Gasteiger partial charge < -0.3 is 10.6 Å². The first-order valence-electron chi connectivity index (χ1n) is 7.40. The van der Waals surface area contributed by atoms with Crippen molar-refractivity contribution in [2.45, 2.75) is 70.9 Å². The highest BCUT2D eigenvalue weighted by Crippen LogP contribution is 2.11. The summed E-state index contributed by atoms with van der Waals surface area (Å²) in [7, 11) is 0. The summed E-state index contributed by atoms with van der Waals surface area (Å²) in [6.45, 7) is 4.12. The van der Waals surface area contributed by atoms with Crippen LogP contribution in [0.1, 0.15) is 58.8 Å². The zero-order valence-corrected chi connectivity index (χ0v) is 12.1. The molecule has 2 atom stereocenters. The van der Waals surface area contributed by atoms with Crippen LogP contribution < -0.4 is 10.6 Å². The number of ketones is 1. The van der Waals surface area contributed by atoms with E-state index in [4.69, 9.17) is 0 Å². The normalized spacial score (nSPS) is 22.5. The maximum atomic E-state index is 11.5. The van der Waals surface area contributed by atoms with E-state index < -0.39 is 0 Å². The van der Waals surface area contributed by atoms with Crippen LogP contribution in [0, 0.1) is 0 Å². The molecule has 1 fully saturated rings. The van der Waals surface area contributed by atoms with E-state index in [0.29, 0.717) is 6.42 Å². The first kappa shape index (κ1) is 15.7. The van der Waals surface area contributed by atoms with Gasteiger partial charge in [-0.05, 0) is 32.3 Å². The molecule has 1 rings (SSSR count). The Morgan fingerprint density at radius 2 is 2.05 bits per heavy atom. The van der Waals surface area contributed by atoms with Gasteiger partial charge in [0, 0.05) is 12.5 Å². The minimum absolute atomic E-state index is 0.0614. The van der Waals surface area contributed by atoms with Crippen molar-refractivity contribution in [3.63, 3.8) is 0 Å². The Labute approximate surface area is 116 Å². The molecule has 0 unspecified atom stereocenters. The van der Waals surface area contributed by atoms with E-state index >= 15 is 0 Å². The first-order valence-corrected chi connectivity index (χ1v) is 7.40. The first-order chi connectivity index (χ1) is 9.13. The Morgan fingerprint density at radius 1 is 1.26 bits per heavy atom. The molecule has 0 saturated carbocycles. The Balaban J connectivity index is 2.02. The minimum Gasteiger partial charge on any atom is -0.334 e. The van der Waals surface area contributed by atoms with Gasteiger partial charge >= 0.3 is 6.03 Å². The molecule has 0 bridgehead atoms. The average Bonchev–Trinajstić information content (AvgIpc) is 2.68. The second kappa shape index (κ2) is 8.73. The molecule has 19 heavy (non-hydrogen) atoms. The summed E-state index contributed by atoms with van der Waals surface area (Å²) in [4.78, 5) is 22.6. The van der Waals surface area contributed by atoms with Gasteiger partial charge in [-0.3, -0.25) is 4.79 Å². The maximum Gasteiger partial charge on any atom is 0.315 e. The van der Waals surface area contributed by atoms with Crippen molar-refractivity contribution in [1.82, 2.24) is 10.6 Å². The van der Waals surface area contributed by atoms with E-state index in [1.807, 2.05) is 13.0 Å². The predicted octanol–water partition coefficient (Wildman–Crippen LogP) is 2.93.